The van der Waals surface area contributed by atoms with Crippen LogP contribution in [0.3, 0.4) is 0 Å². The molecule has 0 fully saturated rings. The van der Waals surface area contributed by atoms with Crippen LogP contribution < -0.4 is 0 Å². The van der Waals surface area contributed by atoms with E-state index in [1.807, 2.05) is 6.07 Å². The highest BCUT2D eigenvalue weighted by atomic mass is 32.1. The summed E-state index contributed by atoms with van der Waals surface area (Å²) in [7, 11) is 0. The van der Waals surface area contributed by atoms with Crippen molar-refractivity contribution in [3.05, 3.63) is 57.8 Å². The van der Waals surface area contributed by atoms with Crippen LogP contribution in [0.5, 0.6) is 0 Å². The standard InChI is InChI=1S/C17H22OS/c1-17(2,3)15-7-5-4-6-14(15)16(18)9-8-13-10-11-19-12-13/h4-7,10-12,16,18H,8-9H2,1-3H3. The quantitative estimate of drug-likeness (QED) is 0.856. The Morgan fingerprint density at radius 2 is 1.89 bits per heavy atom. The molecule has 0 spiro atoms. The number of hydrogen-bond acceptors (Lipinski definition) is 2. The first kappa shape index (κ1) is 14.3. The van der Waals surface area contributed by atoms with E-state index in [1.165, 1.54) is 11.1 Å². The van der Waals surface area contributed by atoms with E-state index in [4.69, 9.17) is 0 Å². The fourth-order valence-electron chi connectivity index (χ4n) is 2.36. The Labute approximate surface area is 119 Å². The highest BCUT2D eigenvalue weighted by molar-refractivity contribution is 7.07. The Morgan fingerprint density at radius 1 is 1.16 bits per heavy atom. The van der Waals surface area contributed by atoms with Crippen molar-refractivity contribution in [3.63, 3.8) is 0 Å². The van der Waals surface area contributed by atoms with E-state index in [-0.39, 0.29) is 11.5 Å². The number of hydrogen-bond donors (Lipinski definition) is 1. The molecule has 0 amide bonds. The summed E-state index contributed by atoms with van der Waals surface area (Å²) in [6.07, 6.45) is 1.34. The highest BCUT2D eigenvalue weighted by Gasteiger charge is 2.21. The van der Waals surface area contributed by atoms with Crippen molar-refractivity contribution >= 4 is 11.3 Å². The number of thiophene rings is 1. The van der Waals surface area contributed by atoms with Crippen molar-refractivity contribution in [1.29, 1.82) is 0 Å². The first-order valence-corrected chi connectivity index (χ1v) is 7.71. The van der Waals surface area contributed by atoms with Crippen LogP contribution in [0.25, 0.3) is 0 Å². The minimum Gasteiger partial charge on any atom is -0.388 e. The molecule has 0 bridgehead atoms. The van der Waals surface area contributed by atoms with Gasteiger partial charge in [0.15, 0.2) is 0 Å². The number of aliphatic hydroxyl groups excluding tert-OH is 1. The lowest BCUT2D eigenvalue weighted by Crippen LogP contribution is -2.16. The van der Waals surface area contributed by atoms with Crippen LogP contribution in [0.1, 0.15) is 50.0 Å². The van der Waals surface area contributed by atoms with Crippen molar-refractivity contribution in [2.45, 2.75) is 45.1 Å². The van der Waals surface area contributed by atoms with E-state index >= 15 is 0 Å². The van der Waals surface area contributed by atoms with Crippen LogP contribution in [0.15, 0.2) is 41.1 Å². The van der Waals surface area contributed by atoms with Crippen molar-refractivity contribution in [2.24, 2.45) is 0 Å². The molecule has 19 heavy (non-hydrogen) atoms. The van der Waals surface area contributed by atoms with Crippen molar-refractivity contribution in [2.75, 3.05) is 0 Å². The molecule has 1 heterocycles. The maximum absolute atomic E-state index is 10.5. The Kier molecular flexibility index (Phi) is 4.43. The minimum absolute atomic E-state index is 0.0694. The second-order valence-electron chi connectivity index (χ2n) is 6.02. The molecule has 1 unspecified atom stereocenters. The molecule has 102 valence electrons. The Bertz CT molecular complexity index is 508. The van der Waals surface area contributed by atoms with Gasteiger partial charge in [0, 0.05) is 0 Å². The van der Waals surface area contributed by atoms with E-state index in [9.17, 15) is 5.11 Å². The molecule has 2 heteroatoms. The summed E-state index contributed by atoms with van der Waals surface area (Å²) >= 11 is 1.71. The van der Waals surface area contributed by atoms with Gasteiger partial charge in [0.05, 0.1) is 6.10 Å². The molecule has 1 atom stereocenters. The highest BCUT2D eigenvalue weighted by Crippen LogP contribution is 2.31. The predicted octanol–water partition coefficient (Wildman–Crippen LogP) is 4.71. The Hall–Kier alpha value is -1.12. The van der Waals surface area contributed by atoms with E-state index in [0.29, 0.717) is 0 Å². The van der Waals surface area contributed by atoms with Gasteiger partial charge in [-0.05, 0) is 51.8 Å². The van der Waals surface area contributed by atoms with Gasteiger partial charge in [0.1, 0.15) is 0 Å². The zero-order chi connectivity index (χ0) is 13.9. The smallest absolute Gasteiger partial charge is 0.0796 e. The fraction of sp³-hybridized carbons (Fsp3) is 0.412. The summed E-state index contributed by atoms with van der Waals surface area (Å²) in [4.78, 5) is 0. The molecule has 0 aliphatic rings. The lowest BCUT2D eigenvalue weighted by atomic mass is 9.81. The molecule has 1 nitrogen and oxygen atoms in total. The lowest BCUT2D eigenvalue weighted by Gasteiger charge is -2.25. The molecule has 1 N–H and O–H groups in total. The normalized spacial score (nSPS) is 13.5. The second kappa shape index (κ2) is 5.89. The average Bonchev–Trinajstić information content (AvgIpc) is 2.88. The number of benzene rings is 1. The van der Waals surface area contributed by atoms with Crippen LogP contribution >= 0.6 is 11.3 Å². The van der Waals surface area contributed by atoms with Gasteiger partial charge in [-0.25, -0.2) is 0 Å². The van der Waals surface area contributed by atoms with Crippen LogP contribution in [-0.4, -0.2) is 5.11 Å². The summed E-state index contributed by atoms with van der Waals surface area (Å²) in [5, 5.41) is 14.7. The molecule has 2 aromatic rings. The topological polar surface area (TPSA) is 20.2 Å². The van der Waals surface area contributed by atoms with Crippen LogP contribution in [0.4, 0.5) is 0 Å². The third kappa shape index (κ3) is 3.68. The van der Waals surface area contributed by atoms with Gasteiger partial charge in [-0.15, -0.1) is 0 Å². The SMILES string of the molecule is CC(C)(C)c1ccccc1C(O)CCc1ccsc1. The summed E-state index contributed by atoms with van der Waals surface area (Å²) in [5.74, 6) is 0. The molecule has 0 radical (unpaired) electrons. The van der Waals surface area contributed by atoms with Crippen LogP contribution in [-0.2, 0) is 11.8 Å². The largest absolute Gasteiger partial charge is 0.388 e. The minimum atomic E-state index is -0.379. The number of aliphatic hydroxyl groups is 1. The first-order chi connectivity index (χ1) is 8.98. The van der Waals surface area contributed by atoms with Gasteiger partial charge in [0.25, 0.3) is 0 Å². The maximum Gasteiger partial charge on any atom is 0.0796 e. The van der Waals surface area contributed by atoms with Crippen molar-refractivity contribution in [1.82, 2.24) is 0 Å². The molecule has 1 aromatic carbocycles. The molecule has 0 aliphatic heterocycles. The van der Waals surface area contributed by atoms with E-state index in [2.05, 4.69) is 55.8 Å². The molecule has 0 saturated heterocycles. The van der Waals surface area contributed by atoms with Crippen LogP contribution in [0.2, 0.25) is 0 Å². The lowest BCUT2D eigenvalue weighted by molar-refractivity contribution is 0.165. The molecule has 2 rings (SSSR count). The second-order valence-corrected chi connectivity index (χ2v) is 6.80. The Morgan fingerprint density at radius 3 is 2.53 bits per heavy atom. The van der Waals surface area contributed by atoms with Gasteiger partial charge in [0.2, 0.25) is 0 Å². The van der Waals surface area contributed by atoms with Gasteiger partial charge < -0.3 is 5.11 Å². The average molecular weight is 274 g/mol. The van der Waals surface area contributed by atoms with Gasteiger partial charge >= 0.3 is 0 Å². The Balaban J connectivity index is 2.12. The van der Waals surface area contributed by atoms with Crippen LogP contribution in [0, 0.1) is 0 Å². The van der Waals surface area contributed by atoms with Gasteiger partial charge in [-0.1, -0.05) is 45.0 Å². The van der Waals surface area contributed by atoms with Gasteiger partial charge in [-0.2, -0.15) is 11.3 Å². The third-order valence-corrected chi connectivity index (χ3v) is 4.15. The van der Waals surface area contributed by atoms with Crippen molar-refractivity contribution < 1.29 is 5.11 Å². The molecule has 1 aromatic heterocycles. The number of rotatable bonds is 4. The monoisotopic (exact) mass is 274 g/mol. The van der Waals surface area contributed by atoms with E-state index < -0.39 is 0 Å². The predicted molar refractivity (Wildman–Crippen MR) is 82.7 cm³/mol. The molecule has 0 saturated carbocycles. The first-order valence-electron chi connectivity index (χ1n) is 6.77. The summed E-state index contributed by atoms with van der Waals surface area (Å²) in [5.41, 5.74) is 3.70. The molecular weight excluding hydrogens is 252 g/mol. The summed E-state index contributed by atoms with van der Waals surface area (Å²) < 4.78 is 0. The van der Waals surface area contributed by atoms with Crippen molar-refractivity contribution in [3.8, 4) is 0 Å². The zero-order valence-corrected chi connectivity index (χ0v) is 12.7. The third-order valence-electron chi connectivity index (χ3n) is 3.41. The van der Waals surface area contributed by atoms with Gasteiger partial charge in [-0.3, -0.25) is 0 Å². The number of aryl methyl sites for hydroxylation is 1. The fourth-order valence-corrected chi connectivity index (χ4v) is 3.07. The summed E-state index contributed by atoms with van der Waals surface area (Å²) in [6.45, 7) is 6.58. The summed E-state index contributed by atoms with van der Waals surface area (Å²) in [6, 6.07) is 10.4. The molecule has 0 aliphatic carbocycles. The van der Waals surface area contributed by atoms with E-state index in [1.54, 1.807) is 11.3 Å². The zero-order valence-electron chi connectivity index (χ0n) is 11.9. The van der Waals surface area contributed by atoms with E-state index in [0.717, 1.165) is 18.4 Å². The molecular formula is C17H22OS. The maximum atomic E-state index is 10.5.